The van der Waals surface area contributed by atoms with Crippen molar-refractivity contribution in [2.75, 3.05) is 27.2 Å². The molecule has 0 aliphatic carbocycles. The number of nitrogens with zero attached hydrogens (tertiary/aromatic N) is 2. The average Bonchev–Trinajstić information content (AvgIpc) is 2.48. The van der Waals surface area contributed by atoms with Crippen molar-refractivity contribution in [2.24, 2.45) is 5.73 Å². The summed E-state index contributed by atoms with van der Waals surface area (Å²) in [5, 5.41) is 0. The Morgan fingerprint density at radius 2 is 1.86 bits per heavy atom. The van der Waals surface area contributed by atoms with E-state index < -0.39 is 10.0 Å². The van der Waals surface area contributed by atoms with Crippen molar-refractivity contribution in [1.82, 2.24) is 9.21 Å². The van der Waals surface area contributed by atoms with Gasteiger partial charge < -0.3 is 10.6 Å². The molecule has 6 heteroatoms. The van der Waals surface area contributed by atoms with E-state index in [1.165, 1.54) is 0 Å². The first-order valence-corrected chi connectivity index (χ1v) is 8.95. The van der Waals surface area contributed by atoms with Crippen LogP contribution < -0.4 is 5.73 Å². The van der Waals surface area contributed by atoms with Crippen LogP contribution in [-0.4, -0.2) is 50.8 Å². The van der Waals surface area contributed by atoms with Crippen molar-refractivity contribution in [3.8, 4) is 0 Å². The molecule has 1 aromatic carbocycles. The molecule has 0 radical (unpaired) electrons. The van der Waals surface area contributed by atoms with Crippen molar-refractivity contribution in [3.63, 3.8) is 0 Å². The van der Waals surface area contributed by atoms with Crippen molar-refractivity contribution < 1.29 is 8.42 Å². The van der Waals surface area contributed by atoms with Crippen molar-refractivity contribution in [1.29, 1.82) is 0 Å². The average molecular weight is 311 g/mol. The molecule has 118 valence electrons. The zero-order valence-electron chi connectivity index (χ0n) is 12.8. The van der Waals surface area contributed by atoms with E-state index in [2.05, 4.69) is 4.90 Å². The summed E-state index contributed by atoms with van der Waals surface area (Å²) in [7, 11) is 0.766. The van der Waals surface area contributed by atoms with Gasteiger partial charge in [0.2, 0.25) is 10.0 Å². The van der Waals surface area contributed by atoms with Gasteiger partial charge in [-0.15, -0.1) is 0 Å². The summed E-state index contributed by atoms with van der Waals surface area (Å²) in [5.41, 5.74) is 7.39. The largest absolute Gasteiger partial charge is 0.326 e. The summed E-state index contributed by atoms with van der Waals surface area (Å²) < 4.78 is 26.8. The Labute approximate surface area is 127 Å². The Morgan fingerprint density at radius 3 is 2.43 bits per heavy atom. The second kappa shape index (κ2) is 6.87. The van der Waals surface area contributed by atoms with Gasteiger partial charge >= 0.3 is 0 Å². The van der Waals surface area contributed by atoms with Crippen LogP contribution in [0.1, 0.15) is 24.0 Å². The fraction of sp³-hybridized carbons (Fsp3) is 0.600. The molecule has 1 fully saturated rings. The third-order valence-corrected chi connectivity index (χ3v) is 5.91. The molecule has 1 aliphatic rings. The van der Waals surface area contributed by atoms with Gasteiger partial charge in [-0.3, -0.25) is 0 Å². The molecule has 21 heavy (non-hydrogen) atoms. The Bertz CT molecular complexity index is 555. The van der Waals surface area contributed by atoms with E-state index in [0.717, 1.165) is 24.0 Å². The van der Waals surface area contributed by atoms with Crippen LogP contribution in [0.5, 0.6) is 0 Å². The fourth-order valence-electron chi connectivity index (χ4n) is 2.67. The molecule has 2 rings (SSSR count). The summed E-state index contributed by atoms with van der Waals surface area (Å²) in [6.07, 6.45) is 1.98. The summed E-state index contributed by atoms with van der Waals surface area (Å²) in [6, 6.07) is 7.81. The lowest BCUT2D eigenvalue weighted by atomic mass is 10.1. The van der Waals surface area contributed by atoms with Gasteiger partial charge in [0.25, 0.3) is 0 Å². The molecule has 1 unspecified atom stereocenters. The summed E-state index contributed by atoms with van der Waals surface area (Å²) in [5.74, 6) is 0.0675. The molecule has 0 spiro atoms. The first-order valence-electron chi connectivity index (χ1n) is 7.34. The van der Waals surface area contributed by atoms with Crippen LogP contribution >= 0.6 is 0 Å². The van der Waals surface area contributed by atoms with Gasteiger partial charge in [-0.2, -0.15) is 0 Å². The maximum absolute atomic E-state index is 12.6. The molecule has 1 saturated heterocycles. The van der Waals surface area contributed by atoms with Gasteiger partial charge in [-0.25, -0.2) is 12.7 Å². The normalized spacial score (nSPS) is 20.9. The molecule has 0 saturated carbocycles. The van der Waals surface area contributed by atoms with Crippen molar-refractivity contribution in [3.05, 3.63) is 35.4 Å². The van der Waals surface area contributed by atoms with E-state index in [-0.39, 0.29) is 5.75 Å². The van der Waals surface area contributed by atoms with Crippen LogP contribution in [0.3, 0.4) is 0 Å². The second-order valence-electron chi connectivity index (χ2n) is 5.89. The zero-order valence-corrected chi connectivity index (χ0v) is 13.6. The Balaban J connectivity index is 2.06. The van der Waals surface area contributed by atoms with Crippen LogP contribution in [0.4, 0.5) is 0 Å². The Morgan fingerprint density at radius 1 is 1.24 bits per heavy atom. The van der Waals surface area contributed by atoms with E-state index in [4.69, 9.17) is 5.73 Å². The lowest BCUT2D eigenvalue weighted by molar-refractivity contribution is 0.190. The van der Waals surface area contributed by atoms with E-state index in [0.29, 0.717) is 25.7 Å². The molecule has 5 nitrogen and oxygen atoms in total. The lowest BCUT2D eigenvalue weighted by Crippen LogP contribution is -2.47. The van der Waals surface area contributed by atoms with E-state index >= 15 is 0 Å². The van der Waals surface area contributed by atoms with Crippen LogP contribution in [0.15, 0.2) is 24.3 Å². The van der Waals surface area contributed by atoms with Gasteiger partial charge in [0.1, 0.15) is 0 Å². The summed E-state index contributed by atoms with van der Waals surface area (Å²) in [6.45, 7) is 1.70. The molecule has 2 N–H and O–H groups in total. The molecule has 0 amide bonds. The number of hydrogen-bond donors (Lipinski definition) is 1. The molecular formula is C15H25N3O2S. The third kappa shape index (κ3) is 4.26. The van der Waals surface area contributed by atoms with Crippen LogP contribution in [0.2, 0.25) is 0 Å². The van der Waals surface area contributed by atoms with E-state index in [9.17, 15) is 8.42 Å². The lowest BCUT2D eigenvalue weighted by Gasteiger charge is -2.35. The quantitative estimate of drug-likeness (QED) is 0.881. The number of hydrogen-bond acceptors (Lipinski definition) is 4. The SMILES string of the molecule is CN(C)C1CCCN(S(=O)(=O)Cc2ccc(CN)cc2)C1. The topological polar surface area (TPSA) is 66.6 Å². The number of benzene rings is 1. The van der Waals surface area contributed by atoms with Gasteiger partial charge in [0.05, 0.1) is 5.75 Å². The number of rotatable bonds is 5. The predicted molar refractivity (Wildman–Crippen MR) is 85.2 cm³/mol. The van der Waals surface area contributed by atoms with E-state index in [1.807, 2.05) is 38.4 Å². The number of likely N-dealkylation sites (N-methyl/N-ethyl adjacent to an activating group) is 1. The minimum atomic E-state index is -3.25. The highest BCUT2D eigenvalue weighted by Gasteiger charge is 2.29. The molecule has 0 aromatic heterocycles. The van der Waals surface area contributed by atoms with E-state index in [1.54, 1.807) is 4.31 Å². The highest BCUT2D eigenvalue weighted by molar-refractivity contribution is 7.88. The first-order chi connectivity index (χ1) is 9.92. The van der Waals surface area contributed by atoms with Crippen molar-refractivity contribution in [2.45, 2.75) is 31.2 Å². The van der Waals surface area contributed by atoms with Crippen LogP contribution in [0.25, 0.3) is 0 Å². The predicted octanol–water partition coefficient (Wildman–Crippen LogP) is 1.00. The molecule has 1 aliphatic heterocycles. The van der Waals surface area contributed by atoms with Gasteiger partial charge in [0.15, 0.2) is 0 Å². The van der Waals surface area contributed by atoms with Gasteiger partial charge in [0, 0.05) is 25.7 Å². The number of sulfonamides is 1. The third-order valence-electron chi connectivity index (χ3n) is 4.09. The maximum Gasteiger partial charge on any atom is 0.218 e. The number of nitrogens with two attached hydrogens (primary N) is 1. The van der Waals surface area contributed by atoms with Gasteiger partial charge in [-0.1, -0.05) is 24.3 Å². The van der Waals surface area contributed by atoms with Gasteiger partial charge in [-0.05, 0) is 38.1 Å². The fourth-order valence-corrected chi connectivity index (χ4v) is 4.27. The Kier molecular flexibility index (Phi) is 5.37. The second-order valence-corrected chi connectivity index (χ2v) is 7.86. The first kappa shape index (κ1) is 16.4. The highest BCUT2D eigenvalue weighted by atomic mass is 32.2. The molecule has 0 bridgehead atoms. The molecule has 1 aromatic rings. The van der Waals surface area contributed by atoms with Crippen LogP contribution in [0, 0.1) is 0 Å². The van der Waals surface area contributed by atoms with Crippen molar-refractivity contribution >= 4 is 10.0 Å². The minimum Gasteiger partial charge on any atom is -0.326 e. The highest BCUT2D eigenvalue weighted by Crippen LogP contribution is 2.19. The zero-order chi connectivity index (χ0) is 15.5. The summed E-state index contributed by atoms with van der Waals surface area (Å²) >= 11 is 0. The standard InChI is InChI=1S/C15H25N3O2S/c1-17(2)15-4-3-9-18(11-15)21(19,20)12-14-7-5-13(10-16)6-8-14/h5-8,15H,3-4,9-12,16H2,1-2H3. The summed E-state index contributed by atoms with van der Waals surface area (Å²) in [4.78, 5) is 2.11. The maximum atomic E-state index is 12.6. The molecule has 1 atom stereocenters. The molecular weight excluding hydrogens is 286 g/mol. The molecule has 1 heterocycles. The van der Waals surface area contributed by atoms with Crippen LogP contribution in [-0.2, 0) is 22.3 Å². The monoisotopic (exact) mass is 311 g/mol. The smallest absolute Gasteiger partial charge is 0.218 e. The minimum absolute atomic E-state index is 0.0675. The Hall–Kier alpha value is -0.950. The number of piperidine rings is 1.